The summed E-state index contributed by atoms with van der Waals surface area (Å²) in [5, 5.41) is 3.12. The molecule has 0 radical (unpaired) electrons. The summed E-state index contributed by atoms with van der Waals surface area (Å²) in [5.74, 6) is -0.708. The molecule has 1 N–H and O–H groups in total. The Kier molecular flexibility index (Phi) is 5.92. The number of carbonyl (C=O) groups is 2. The van der Waals surface area contributed by atoms with Crippen molar-refractivity contribution < 1.29 is 28.2 Å². The van der Waals surface area contributed by atoms with Gasteiger partial charge in [0.2, 0.25) is 0 Å². The zero-order chi connectivity index (χ0) is 21.0. The van der Waals surface area contributed by atoms with Crippen molar-refractivity contribution in [2.24, 2.45) is 0 Å². The van der Waals surface area contributed by atoms with E-state index in [-0.39, 0.29) is 18.1 Å². The highest BCUT2D eigenvalue weighted by Crippen LogP contribution is 2.29. The van der Waals surface area contributed by atoms with Crippen LogP contribution >= 0.6 is 0 Å². The van der Waals surface area contributed by atoms with Gasteiger partial charge in [0, 0.05) is 17.1 Å². The molecule has 29 heavy (non-hydrogen) atoms. The van der Waals surface area contributed by atoms with Crippen LogP contribution in [0.2, 0.25) is 0 Å². The van der Waals surface area contributed by atoms with Gasteiger partial charge in [0.25, 0.3) is 5.91 Å². The minimum absolute atomic E-state index is 0.0428. The monoisotopic (exact) mass is 398 g/mol. The Hall–Kier alpha value is -3.68. The maximum absolute atomic E-state index is 13.6. The van der Waals surface area contributed by atoms with E-state index in [1.165, 1.54) is 26.4 Å². The number of methoxy groups -OCH3 is 2. The topological polar surface area (TPSA) is 86.8 Å². The molecule has 0 saturated carbocycles. The fourth-order valence-electron chi connectivity index (χ4n) is 2.64. The molecule has 1 heterocycles. The third-order valence-electron chi connectivity index (χ3n) is 4.19. The first-order valence-electron chi connectivity index (χ1n) is 8.67. The second-order valence-electron chi connectivity index (χ2n) is 6.18. The van der Waals surface area contributed by atoms with E-state index in [4.69, 9.17) is 14.2 Å². The Morgan fingerprint density at radius 2 is 1.90 bits per heavy atom. The number of amides is 1. The number of anilines is 1. The van der Waals surface area contributed by atoms with Crippen molar-refractivity contribution in [3.63, 3.8) is 0 Å². The number of hydrogen-bond acceptors (Lipinski definition) is 6. The Bertz CT molecular complexity index is 1080. The standard InChI is InChI=1S/C21H19FN2O5/c1-12-4-5-13(8-16(12)22)23-20(25)11-29-19-10-18(21(26)28-3)24-17-7-6-14(27-2)9-15(17)19/h4-10H,11H2,1-3H3,(H,23,25). The van der Waals surface area contributed by atoms with Crippen LogP contribution in [0, 0.1) is 12.7 Å². The molecular weight excluding hydrogens is 379 g/mol. The van der Waals surface area contributed by atoms with E-state index in [2.05, 4.69) is 10.3 Å². The molecule has 3 aromatic rings. The molecule has 1 aromatic heterocycles. The SMILES string of the molecule is COC(=O)c1cc(OCC(=O)Nc2ccc(C)c(F)c2)c2cc(OC)ccc2n1. The van der Waals surface area contributed by atoms with Crippen LogP contribution in [0.15, 0.2) is 42.5 Å². The number of carbonyl (C=O) groups excluding carboxylic acids is 2. The van der Waals surface area contributed by atoms with Crippen molar-refractivity contribution in [2.75, 3.05) is 26.1 Å². The number of hydrogen-bond donors (Lipinski definition) is 1. The first kappa shape index (κ1) is 20.1. The van der Waals surface area contributed by atoms with Gasteiger partial charge in [-0.15, -0.1) is 0 Å². The van der Waals surface area contributed by atoms with Crippen LogP contribution in [0.4, 0.5) is 10.1 Å². The molecule has 3 rings (SSSR count). The quantitative estimate of drug-likeness (QED) is 0.640. The number of aromatic nitrogens is 1. The molecule has 0 saturated heterocycles. The Labute approximate surface area is 166 Å². The number of rotatable bonds is 6. The number of aryl methyl sites for hydroxylation is 1. The molecule has 2 aromatic carbocycles. The van der Waals surface area contributed by atoms with Crippen LogP contribution < -0.4 is 14.8 Å². The maximum Gasteiger partial charge on any atom is 0.356 e. The molecule has 0 bridgehead atoms. The van der Waals surface area contributed by atoms with E-state index < -0.39 is 17.7 Å². The zero-order valence-corrected chi connectivity index (χ0v) is 16.1. The fourth-order valence-corrected chi connectivity index (χ4v) is 2.64. The molecule has 1 amide bonds. The van der Waals surface area contributed by atoms with E-state index in [1.54, 1.807) is 37.3 Å². The maximum atomic E-state index is 13.6. The van der Waals surface area contributed by atoms with Gasteiger partial charge < -0.3 is 19.5 Å². The highest BCUT2D eigenvalue weighted by atomic mass is 19.1. The van der Waals surface area contributed by atoms with Gasteiger partial charge in [-0.1, -0.05) is 6.07 Å². The van der Waals surface area contributed by atoms with Gasteiger partial charge >= 0.3 is 5.97 Å². The highest BCUT2D eigenvalue weighted by Gasteiger charge is 2.15. The second kappa shape index (κ2) is 8.55. The lowest BCUT2D eigenvalue weighted by Crippen LogP contribution is -2.20. The molecule has 0 atom stereocenters. The van der Waals surface area contributed by atoms with E-state index in [0.29, 0.717) is 27.9 Å². The number of halogens is 1. The van der Waals surface area contributed by atoms with E-state index in [9.17, 15) is 14.0 Å². The molecule has 0 unspecified atom stereocenters. The number of fused-ring (bicyclic) bond motifs is 1. The third kappa shape index (κ3) is 4.60. The predicted octanol–water partition coefficient (Wildman–Crippen LogP) is 3.50. The zero-order valence-electron chi connectivity index (χ0n) is 16.1. The molecular formula is C21H19FN2O5. The Balaban J connectivity index is 1.84. The van der Waals surface area contributed by atoms with Gasteiger partial charge in [-0.3, -0.25) is 4.79 Å². The molecule has 0 aliphatic carbocycles. The number of esters is 1. The Morgan fingerprint density at radius 1 is 1.10 bits per heavy atom. The van der Waals surface area contributed by atoms with Gasteiger partial charge in [0.05, 0.1) is 19.7 Å². The van der Waals surface area contributed by atoms with Crippen LogP contribution in [0.1, 0.15) is 16.1 Å². The molecule has 8 heteroatoms. The number of pyridine rings is 1. The average Bonchev–Trinajstić information content (AvgIpc) is 2.73. The van der Waals surface area contributed by atoms with Crippen molar-refractivity contribution in [1.82, 2.24) is 4.98 Å². The predicted molar refractivity (Wildman–Crippen MR) is 105 cm³/mol. The number of nitrogens with zero attached hydrogens (tertiary/aromatic N) is 1. The van der Waals surface area contributed by atoms with Gasteiger partial charge in [-0.2, -0.15) is 0 Å². The summed E-state index contributed by atoms with van der Waals surface area (Å²) in [4.78, 5) is 28.4. The number of ether oxygens (including phenoxy) is 3. The summed E-state index contributed by atoms with van der Waals surface area (Å²) in [6, 6.07) is 10.8. The lowest BCUT2D eigenvalue weighted by Gasteiger charge is -2.12. The summed E-state index contributed by atoms with van der Waals surface area (Å²) < 4.78 is 29.2. The van der Waals surface area contributed by atoms with E-state index >= 15 is 0 Å². The largest absolute Gasteiger partial charge is 0.497 e. The fraction of sp³-hybridized carbons (Fsp3) is 0.190. The van der Waals surface area contributed by atoms with Gasteiger partial charge in [0.15, 0.2) is 12.3 Å². The summed E-state index contributed by atoms with van der Waals surface area (Å²) >= 11 is 0. The van der Waals surface area contributed by atoms with Crippen molar-refractivity contribution in [1.29, 1.82) is 0 Å². The van der Waals surface area contributed by atoms with Crippen molar-refractivity contribution >= 4 is 28.5 Å². The summed E-state index contributed by atoms with van der Waals surface area (Å²) in [6.45, 7) is 1.28. The molecule has 150 valence electrons. The van der Waals surface area contributed by atoms with Gasteiger partial charge in [-0.05, 0) is 42.8 Å². The molecule has 0 fully saturated rings. The normalized spacial score (nSPS) is 10.5. The first-order valence-corrected chi connectivity index (χ1v) is 8.67. The second-order valence-corrected chi connectivity index (χ2v) is 6.18. The van der Waals surface area contributed by atoms with Gasteiger partial charge in [0.1, 0.15) is 17.3 Å². The van der Waals surface area contributed by atoms with Crippen LogP contribution in [0.25, 0.3) is 10.9 Å². The van der Waals surface area contributed by atoms with Crippen LogP contribution in [-0.2, 0) is 9.53 Å². The Morgan fingerprint density at radius 3 is 2.59 bits per heavy atom. The van der Waals surface area contributed by atoms with E-state index in [0.717, 1.165) is 0 Å². The van der Waals surface area contributed by atoms with Crippen molar-refractivity contribution in [3.8, 4) is 11.5 Å². The summed E-state index contributed by atoms with van der Waals surface area (Å²) in [7, 11) is 2.77. The van der Waals surface area contributed by atoms with Crippen molar-refractivity contribution in [2.45, 2.75) is 6.92 Å². The lowest BCUT2D eigenvalue weighted by molar-refractivity contribution is -0.118. The van der Waals surface area contributed by atoms with Crippen LogP contribution in [-0.4, -0.2) is 37.7 Å². The summed E-state index contributed by atoms with van der Waals surface area (Å²) in [5.41, 5.74) is 1.32. The minimum atomic E-state index is -0.632. The van der Waals surface area contributed by atoms with Crippen LogP contribution in [0.3, 0.4) is 0 Å². The van der Waals surface area contributed by atoms with Crippen molar-refractivity contribution in [3.05, 3.63) is 59.5 Å². The minimum Gasteiger partial charge on any atom is -0.497 e. The van der Waals surface area contributed by atoms with Crippen LogP contribution in [0.5, 0.6) is 11.5 Å². The third-order valence-corrected chi connectivity index (χ3v) is 4.19. The number of nitrogens with one attached hydrogen (secondary N) is 1. The smallest absolute Gasteiger partial charge is 0.356 e. The molecule has 0 spiro atoms. The molecule has 7 nitrogen and oxygen atoms in total. The number of benzene rings is 2. The summed E-state index contributed by atoms with van der Waals surface area (Å²) in [6.07, 6.45) is 0. The molecule has 0 aliphatic heterocycles. The van der Waals surface area contributed by atoms with E-state index in [1.807, 2.05) is 0 Å². The first-order chi connectivity index (χ1) is 13.9. The average molecular weight is 398 g/mol. The lowest BCUT2D eigenvalue weighted by atomic mass is 10.1. The highest BCUT2D eigenvalue weighted by molar-refractivity contribution is 5.95. The van der Waals surface area contributed by atoms with Gasteiger partial charge in [-0.25, -0.2) is 14.2 Å². The molecule has 0 aliphatic rings.